The number of benzene rings is 1. The fourth-order valence-electron chi connectivity index (χ4n) is 1.78. The molecule has 1 heterocycles. The summed E-state index contributed by atoms with van der Waals surface area (Å²) >= 11 is 0. The van der Waals surface area contributed by atoms with Crippen molar-refractivity contribution in [3.63, 3.8) is 0 Å². The van der Waals surface area contributed by atoms with Crippen molar-refractivity contribution in [2.24, 2.45) is 5.73 Å². The van der Waals surface area contributed by atoms with Crippen molar-refractivity contribution in [2.75, 3.05) is 0 Å². The quantitative estimate of drug-likeness (QED) is 0.764. The molecule has 1 aromatic heterocycles. The number of halogens is 2. The molecule has 114 valence electrons. The number of nitrogens with one attached hydrogen (secondary N) is 2. The minimum atomic E-state index is -4.12. The number of rotatable bonds is 5. The first-order valence-corrected chi connectivity index (χ1v) is 7.50. The van der Waals surface area contributed by atoms with E-state index in [9.17, 15) is 17.2 Å². The van der Waals surface area contributed by atoms with Crippen LogP contribution in [-0.4, -0.2) is 18.6 Å². The van der Waals surface area contributed by atoms with Crippen LogP contribution in [-0.2, 0) is 23.1 Å². The molecular weight excluding hydrogens is 302 g/mol. The van der Waals surface area contributed by atoms with Crippen molar-refractivity contribution in [3.8, 4) is 0 Å². The minimum Gasteiger partial charge on any atom is -0.326 e. The van der Waals surface area contributed by atoms with Crippen LogP contribution in [0, 0.1) is 18.6 Å². The van der Waals surface area contributed by atoms with Gasteiger partial charge in [0.2, 0.25) is 10.0 Å². The molecule has 0 aliphatic carbocycles. The molecule has 0 saturated carbocycles. The number of hydrogen-bond acceptors (Lipinski definition) is 4. The number of sulfonamides is 1. The predicted molar refractivity (Wildman–Crippen MR) is 71.6 cm³/mol. The standard InChI is InChI=1S/C12H14F2N4O2S/c1-7-8(5-16-18-7)6-17-21(19,20)11-3-2-10(13)9(4-15)12(11)14/h2-3,5,17H,4,6,15H2,1H3,(H,16,18). The first kappa shape index (κ1) is 15.5. The third-order valence-corrected chi connectivity index (χ3v) is 4.45. The van der Waals surface area contributed by atoms with E-state index in [2.05, 4.69) is 14.9 Å². The Kier molecular flexibility index (Phi) is 4.35. The molecule has 0 aliphatic heterocycles. The molecule has 0 bridgehead atoms. The van der Waals surface area contributed by atoms with Gasteiger partial charge >= 0.3 is 0 Å². The van der Waals surface area contributed by atoms with Gasteiger partial charge in [-0.05, 0) is 19.1 Å². The van der Waals surface area contributed by atoms with Gasteiger partial charge in [0, 0.05) is 29.9 Å². The van der Waals surface area contributed by atoms with Gasteiger partial charge in [-0.15, -0.1) is 0 Å². The smallest absolute Gasteiger partial charge is 0.243 e. The number of nitrogens with two attached hydrogens (primary N) is 1. The maximum absolute atomic E-state index is 14.0. The zero-order valence-corrected chi connectivity index (χ0v) is 12.0. The molecule has 0 saturated heterocycles. The highest BCUT2D eigenvalue weighted by Crippen LogP contribution is 2.21. The van der Waals surface area contributed by atoms with Gasteiger partial charge in [-0.1, -0.05) is 0 Å². The van der Waals surface area contributed by atoms with Crippen LogP contribution in [0.15, 0.2) is 23.2 Å². The van der Waals surface area contributed by atoms with Crippen LogP contribution in [0.25, 0.3) is 0 Å². The van der Waals surface area contributed by atoms with Crippen LogP contribution >= 0.6 is 0 Å². The summed E-state index contributed by atoms with van der Waals surface area (Å²) in [5.41, 5.74) is 6.09. The molecule has 1 aromatic carbocycles. The molecule has 0 aliphatic rings. The van der Waals surface area contributed by atoms with E-state index in [0.717, 1.165) is 12.1 Å². The lowest BCUT2D eigenvalue weighted by Gasteiger charge is -2.10. The third kappa shape index (κ3) is 3.09. The zero-order chi connectivity index (χ0) is 15.6. The SMILES string of the molecule is Cc1[nH]ncc1CNS(=O)(=O)c1ccc(F)c(CN)c1F. The van der Waals surface area contributed by atoms with Crippen molar-refractivity contribution in [1.82, 2.24) is 14.9 Å². The van der Waals surface area contributed by atoms with E-state index < -0.39 is 38.7 Å². The topological polar surface area (TPSA) is 101 Å². The number of aromatic amines is 1. The molecule has 0 radical (unpaired) electrons. The Balaban J connectivity index is 2.30. The molecule has 9 heteroatoms. The molecule has 0 unspecified atom stereocenters. The highest BCUT2D eigenvalue weighted by atomic mass is 32.2. The number of aromatic nitrogens is 2. The Morgan fingerprint density at radius 1 is 1.38 bits per heavy atom. The van der Waals surface area contributed by atoms with Gasteiger partial charge in [0.15, 0.2) is 5.82 Å². The van der Waals surface area contributed by atoms with E-state index in [-0.39, 0.29) is 6.54 Å². The number of hydrogen-bond donors (Lipinski definition) is 3. The highest BCUT2D eigenvalue weighted by molar-refractivity contribution is 7.89. The van der Waals surface area contributed by atoms with Crippen LogP contribution in [0.5, 0.6) is 0 Å². The number of H-pyrrole nitrogens is 1. The summed E-state index contributed by atoms with van der Waals surface area (Å²) < 4.78 is 53.8. The Hall–Kier alpha value is -1.84. The molecule has 4 N–H and O–H groups in total. The van der Waals surface area contributed by atoms with E-state index in [1.54, 1.807) is 6.92 Å². The monoisotopic (exact) mass is 316 g/mol. The largest absolute Gasteiger partial charge is 0.326 e. The van der Waals surface area contributed by atoms with Crippen LogP contribution in [0.3, 0.4) is 0 Å². The predicted octanol–water partition coefficient (Wildman–Crippen LogP) is 0.934. The van der Waals surface area contributed by atoms with Gasteiger partial charge in [-0.3, -0.25) is 5.10 Å². The maximum Gasteiger partial charge on any atom is 0.243 e. The van der Waals surface area contributed by atoms with E-state index in [4.69, 9.17) is 5.73 Å². The average Bonchev–Trinajstić information content (AvgIpc) is 2.82. The van der Waals surface area contributed by atoms with Gasteiger partial charge < -0.3 is 5.73 Å². The second-order valence-electron chi connectivity index (χ2n) is 4.39. The summed E-state index contributed by atoms with van der Waals surface area (Å²) in [6, 6.07) is 1.75. The molecule has 2 aromatic rings. The Bertz CT molecular complexity index is 759. The fourth-order valence-corrected chi connectivity index (χ4v) is 2.88. The summed E-state index contributed by atoms with van der Waals surface area (Å²) in [5.74, 6) is -2.05. The Labute approximate surface area is 120 Å². The van der Waals surface area contributed by atoms with Crippen molar-refractivity contribution in [3.05, 3.63) is 46.8 Å². The molecule has 0 spiro atoms. The fraction of sp³-hybridized carbons (Fsp3) is 0.250. The molecule has 0 atom stereocenters. The van der Waals surface area contributed by atoms with Crippen molar-refractivity contribution in [1.29, 1.82) is 0 Å². The van der Waals surface area contributed by atoms with Gasteiger partial charge in [0.25, 0.3) is 0 Å². The van der Waals surface area contributed by atoms with Gasteiger partial charge in [-0.2, -0.15) is 5.10 Å². The molecule has 2 rings (SSSR count). The minimum absolute atomic E-state index is 0.0561. The highest BCUT2D eigenvalue weighted by Gasteiger charge is 2.23. The summed E-state index contributed by atoms with van der Waals surface area (Å²) in [4.78, 5) is -0.634. The summed E-state index contributed by atoms with van der Waals surface area (Å²) in [6.07, 6.45) is 1.46. The van der Waals surface area contributed by atoms with Crippen LogP contribution in [0.4, 0.5) is 8.78 Å². The Morgan fingerprint density at radius 2 is 2.10 bits per heavy atom. The van der Waals surface area contributed by atoms with Gasteiger partial charge in [0.1, 0.15) is 10.7 Å². The molecular formula is C12H14F2N4O2S. The van der Waals surface area contributed by atoms with Gasteiger partial charge in [0.05, 0.1) is 6.20 Å². The lowest BCUT2D eigenvalue weighted by molar-refractivity contribution is 0.525. The number of nitrogens with zero attached hydrogens (tertiary/aromatic N) is 1. The number of aryl methyl sites for hydroxylation is 1. The zero-order valence-electron chi connectivity index (χ0n) is 11.2. The molecule has 0 amide bonds. The second-order valence-corrected chi connectivity index (χ2v) is 6.12. The second kappa shape index (κ2) is 5.88. The normalized spacial score (nSPS) is 11.8. The summed E-state index contributed by atoms with van der Waals surface area (Å²) in [6.45, 7) is 1.24. The van der Waals surface area contributed by atoms with Crippen LogP contribution in [0.2, 0.25) is 0 Å². The third-order valence-electron chi connectivity index (χ3n) is 3.03. The van der Waals surface area contributed by atoms with Crippen molar-refractivity contribution < 1.29 is 17.2 Å². The van der Waals surface area contributed by atoms with Crippen LogP contribution in [0.1, 0.15) is 16.8 Å². The lowest BCUT2D eigenvalue weighted by Crippen LogP contribution is -2.25. The van der Waals surface area contributed by atoms with E-state index in [0.29, 0.717) is 11.3 Å². The first-order valence-electron chi connectivity index (χ1n) is 6.02. The average molecular weight is 316 g/mol. The van der Waals surface area contributed by atoms with E-state index >= 15 is 0 Å². The summed E-state index contributed by atoms with van der Waals surface area (Å²) in [5, 5.41) is 6.41. The summed E-state index contributed by atoms with van der Waals surface area (Å²) in [7, 11) is -4.12. The van der Waals surface area contributed by atoms with Crippen LogP contribution < -0.4 is 10.5 Å². The van der Waals surface area contributed by atoms with E-state index in [1.165, 1.54) is 6.20 Å². The van der Waals surface area contributed by atoms with Gasteiger partial charge in [-0.25, -0.2) is 21.9 Å². The van der Waals surface area contributed by atoms with Crippen molar-refractivity contribution in [2.45, 2.75) is 24.9 Å². The Morgan fingerprint density at radius 3 is 2.67 bits per heavy atom. The lowest BCUT2D eigenvalue weighted by atomic mass is 10.2. The molecule has 6 nitrogen and oxygen atoms in total. The maximum atomic E-state index is 14.0. The molecule has 0 fully saturated rings. The van der Waals surface area contributed by atoms with E-state index in [1.807, 2.05) is 0 Å². The first-order chi connectivity index (χ1) is 9.86. The van der Waals surface area contributed by atoms with Crippen molar-refractivity contribution >= 4 is 10.0 Å². The molecule has 21 heavy (non-hydrogen) atoms.